The number of aryl methyl sites for hydroxylation is 2. The molecule has 94 valence electrons. The van der Waals surface area contributed by atoms with Gasteiger partial charge in [0.1, 0.15) is 0 Å². The molecule has 0 aromatic heterocycles. The van der Waals surface area contributed by atoms with Crippen LogP contribution in [0.4, 0.5) is 11.4 Å². The molecule has 0 aliphatic carbocycles. The van der Waals surface area contributed by atoms with Crippen molar-refractivity contribution in [2.75, 3.05) is 11.5 Å². The zero-order chi connectivity index (χ0) is 13.3. The molecule has 0 radical (unpaired) electrons. The lowest BCUT2D eigenvalue weighted by atomic mass is 9.86. The first-order valence-corrected chi connectivity index (χ1v) is 6.21. The lowest BCUT2D eigenvalue weighted by Gasteiger charge is -2.20. The van der Waals surface area contributed by atoms with Gasteiger partial charge in [0.15, 0.2) is 0 Å². The third kappa shape index (κ3) is 2.19. The van der Waals surface area contributed by atoms with E-state index in [2.05, 4.69) is 32.9 Å². The molecular weight excluding hydrogens is 220 g/mol. The average molecular weight is 240 g/mol. The highest BCUT2D eigenvalue weighted by Crippen LogP contribution is 2.33. The zero-order valence-corrected chi connectivity index (χ0v) is 11.2. The molecule has 2 rings (SSSR count). The van der Waals surface area contributed by atoms with Gasteiger partial charge in [-0.05, 0) is 54.3 Å². The predicted octanol–water partition coefficient (Wildman–Crippen LogP) is 3.62. The smallest absolute Gasteiger partial charge is 0.0355 e. The van der Waals surface area contributed by atoms with Crippen LogP contribution < -0.4 is 11.5 Å². The lowest BCUT2D eigenvalue weighted by molar-refractivity contribution is 0.903. The third-order valence-electron chi connectivity index (χ3n) is 3.56. The Hall–Kier alpha value is -1.96. The van der Waals surface area contributed by atoms with Crippen molar-refractivity contribution < 1.29 is 0 Å². The summed E-state index contributed by atoms with van der Waals surface area (Å²) in [5.41, 5.74) is 18.6. The van der Waals surface area contributed by atoms with Crippen molar-refractivity contribution in [3.05, 3.63) is 58.7 Å². The monoisotopic (exact) mass is 240 g/mol. The SMILES string of the molecule is Cc1ccc(N)cc1C(C)c1c(C)cccc1N. The fraction of sp³-hybridized carbons (Fsp3) is 0.250. The molecular formula is C16H20N2. The number of hydrogen-bond donors (Lipinski definition) is 2. The van der Waals surface area contributed by atoms with E-state index in [-0.39, 0.29) is 5.92 Å². The quantitative estimate of drug-likeness (QED) is 0.788. The molecule has 4 N–H and O–H groups in total. The van der Waals surface area contributed by atoms with E-state index in [1.165, 1.54) is 22.3 Å². The lowest BCUT2D eigenvalue weighted by Crippen LogP contribution is -2.05. The molecule has 0 spiro atoms. The van der Waals surface area contributed by atoms with Gasteiger partial charge in [-0.15, -0.1) is 0 Å². The Kier molecular flexibility index (Phi) is 3.28. The van der Waals surface area contributed by atoms with Gasteiger partial charge in [-0.25, -0.2) is 0 Å². The fourth-order valence-corrected chi connectivity index (χ4v) is 2.58. The molecule has 0 aliphatic rings. The van der Waals surface area contributed by atoms with E-state index in [9.17, 15) is 0 Å². The Bertz CT molecular complexity index is 553. The summed E-state index contributed by atoms with van der Waals surface area (Å²) in [6.07, 6.45) is 0. The minimum absolute atomic E-state index is 0.259. The Balaban J connectivity index is 2.54. The summed E-state index contributed by atoms with van der Waals surface area (Å²) >= 11 is 0. The topological polar surface area (TPSA) is 52.0 Å². The van der Waals surface area contributed by atoms with Crippen molar-refractivity contribution >= 4 is 11.4 Å². The molecule has 2 aromatic carbocycles. The number of nitrogens with two attached hydrogens (primary N) is 2. The highest BCUT2D eigenvalue weighted by molar-refractivity contribution is 5.57. The van der Waals surface area contributed by atoms with Crippen LogP contribution in [0.15, 0.2) is 36.4 Å². The van der Waals surface area contributed by atoms with Gasteiger partial charge in [0.25, 0.3) is 0 Å². The van der Waals surface area contributed by atoms with E-state index in [1.807, 2.05) is 24.3 Å². The Labute approximate surface area is 109 Å². The fourth-order valence-electron chi connectivity index (χ4n) is 2.58. The van der Waals surface area contributed by atoms with Gasteiger partial charge < -0.3 is 11.5 Å². The first kappa shape index (κ1) is 12.5. The Morgan fingerprint density at radius 3 is 2.33 bits per heavy atom. The predicted molar refractivity (Wildman–Crippen MR) is 78.7 cm³/mol. The van der Waals surface area contributed by atoms with Crippen molar-refractivity contribution in [1.82, 2.24) is 0 Å². The standard InChI is InChI=1S/C16H20N2/c1-10-7-8-13(17)9-14(10)12(3)16-11(2)5-4-6-15(16)18/h4-9,12H,17-18H2,1-3H3. The van der Waals surface area contributed by atoms with Crippen molar-refractivity contribution in [2.45, 2.75) is 26.7 Å². The first-order chi connectivity index (χ1) is 8.50. The third-order valence-corrected chi connectivity index (χ3v) is 3.56. The maximum atomic E-state index is 6.12. The number of hydrogen-bond acceptors (Lipinski definition) is 2. The average Bonchev–Trinajstić information content (AvgIpc) is 2.32. The second-order valence-corrected chi connectivity index (χ2v) is 4.92. The number of rotatable bonds is 2. The van der Waals surface area contributed by atoms with Crippen molar-refractivity contribution in [2.24, 2.45) is 0 Å². The van der Waals surface area contributed by atoms with Gasteiger partial charge in [0, 0.05) is 17.3 Å². The van der Waals surface area contributed by atoms with Gasteiger partial charge in [-0.1, -0.05) is 25.1 Å². The minimum Gasteiger partial charge on any atom is -0.399 e. The summed E-state index contributed by atoms with van der Waals surface area (Å²) in [4.78, 5) is 0. The molecule has 1 unspecified atom stereocenters. The molecule has 0 saturated carbocycles. The molecule has 0 fully saturated rings. The zero-order valence-electron chi connectivity index (χ0n) is 11.2. The second kappa shape index (κ2) is 4.73. The summed E-state index contributed by atoms with van der Waals surface area (Å²) in [5, 5.41) is 0. The molecule has 0 aliphatic heterocycles. The number of anilines is 2. The largest absolute Gasteiger partial charge is 0.399 e. The molecule has 0 saturated heterocycles. The summed E-state index contributed by atoms with van der Waals surface area (Å²) in [7, 11) is 0. The molecule has 2 nitrogen and oxygen atoms in total. The molecule has 2 aromatic rings. The molecule has 0 bridgehead atoms. The Morgan fingerprint density at radius 1 is 0.944 bits per heavy atom. The molecule has 1 atom stereocenters. The van der Waals surface area contributed by atoms with Gasteiger partial charge in [0.05, 0.1) is 0 Å². The van der Waals surface area contributed by atoms with Crippen molar-refractivity contribution in [3.63, 3.8) is 0 Å². The van der Waals surface area contributed by atoms with Crippen LogP contribution in [0.25, 0.3) is 0 Å². The highest BCUT2D eigenvalue weighted by atomic mass is 14.6. The van der Waals surface area contributed by atoms with E-state index < -0.39 is 0 Å². The molecule has 0 amide bonds. The Morgan fingerprint density at radius 2 is 1.67 bits per heavy atom. The van der Waals surface area contributed by atoms with Crippen LogP contribution in [0.1, 0.15) is 35.1 Å². The summed E-state index contributed by atoms with van der Waals surface area (Å²) in [6.45, 7) is 6.39. The van der Waals surface area contributed by atoms with E-state index in [1.54, 1.807) is 0 Å². The summed E-state index contributed by atoms with van der Waals surface area (Å²) in [5.74, 6) is 0.259. The van der Waals surface area contributed by atoms with Crippen LogP contribution in [0.5, 0.6) is 0 Å². The second-order valence-electron chi connectivity index (χ2n) is 4.92. The van der Waals surface area contributed by atoms with Gasteiger partial charge >= 0.3 is 0 Å². The van der Waals surface area contributed by atoms with Crippen LogP contribution in [0, 0.1) is 13.8 Å². The highest BCUT2D eigenvalue weighted by Gasteiger charge is 2.15. The number of nitrogen functional groups attached to an aromatic ring is 2. The van der Waals surface area contributed by atoms with E-state index >= 15 is 0 Å². The minimum atomic E-state index is 0.259. The van der Waals surface area contributed by atoms with Crippen LogP contribution in [0.2, 0.25) is 0 Å². The molecule has 18 heavy (non-hydrogen) atoms. The van der Waals surface area contributed by atoms with Crippen LogP contribution in [0.3, 0.4) is 0 Å². The van der Waals surface area contributed by atoms with Crippen LogP contribution >= 0.6 is 0 Å². The van der Waals surface area contributed by atoms with Gasteiger partial charge in [-0.2, -0.15) is 0 Å². The van der Waals surface area contributed by atoms with Crippen molar-refractivity contribution in [1.29, 1.82) is 0 Å². The maximum absolute atomic E-state index is 6.12. The maximum Gasteiger partial charge on any atom is 0.0355 e. The first-order valence-electron chi connectivity index (χ1n) is 6.21. The number of benzene rings is 2. The van der Waals surface area contributed by atoms with E-state index in [0.29, 0.717) is 0 Å². The molecule has 0 heterocycles. The summed E-state index contributed by atoms with van der Waals surface area (Å²) in [6, 6.07) is 12.1. The van der Waals surface area contributed by atoms with Crippen molar-refractivity contribution in [3.8, 4) is 0 Å². The van der Waals surface area contributed by atoms with Gasteiger partial charge in [0.2, 0.25) is 0 Å². The molecule has 2 heteroatoms. The van der Waals surface area contributed by atoms with E-state index in [0.717, 1.165) is 11.4 Å². The normalized spacial score (nSPS) is 12.4. The summed E-state index contributed by atoms with van der Waals surface area (Å²) < 4.78 is 0. The van der Waals surface area contributed by atoms with Gasteiger partial charge in [-0.3, -0.25) is 0 Å². The van der Waals surface area contributed by atoms with Crippen LogP contribution in [-0.4, -0.2) is 0 Å². The van der Waals surface area contributed by atoms with Crippen LogP contribution in [-0.2, 0) is 0 Å². The van der Waals surface area contributed by atoms with E-state index in [4.69, 9.17) is 11.5 Å².